The second-order valence-corrected chi connectivity index (χ2v) is 5.71. The van der Waals surface area contributed by atoms with Gasteiger partial charge < -0.3 is 14.7 Å². The average molecular weight is 244 g/mol. The molecule has 0 radical (unpaired) electrons. The Bertz CT molecular complexity index is 273. The summed E-state index contributed by atoms with van der Waals surface area (Å²) >= 11 is 0. The molecule has 1 rings (SSSR count). The number of amides is 1. The number of hydrogen-bond donors (Lipinski definition) is 1. The normalized spacial score (nSPS) is 24.6. The SMILES string of the molecule is CC(O)C1CN(C(=O)OC(C)(C)C)CCN1C. The van der Waals surface area contributed by atoms with Gasteiger partial charge in [-0.25, -0.2) is 4.79 Å². The Hall–Kier alpha value is -0.810. The molecular weight excluding hydrogens is 220 g/mol. The molecule has 1 aliphatic rings. The van der Waals surface area contributed by atoms with Crippen molar-refractivity contribution in [2.45, 2.75) is 45.4 Å². The Balaban J connectivity index is 2.59. The zero-order chi connectivity index (χ0) is 13.2. The first-order valence-electron chi connectivity index (χ1n) is 6.07. The number of aliphatic hydroxyl groups is 1. The van der Waals surface area contributed by atoms with Crippen molar-refractivity contribution in [1.29, 1.82) is 0 Å². The summed E-state index contributed by atoms with van der Waals surface area (Å²) in [5.41, 5.74) is -0.471. The highest BCUT2D eigenvalue weighted by molar-refractivity contribution is 5.68. The van der Waals surface area contributed by atoms with Gasteiger partial charge in [0, 0.05) is 19.6 Å². The highest BCUT2D eigenvalue weighted by Crippen LogP contribution is 2.15. The van der Waals surface area contributed by atoms with Crippen molar-refractivity contribution >= 4 is 6.09 Å². The van der Waals surface area contributed by atoms with Crippen LogP contribution in [0.2, 0.25) is 0 Å². The number of rotatable bonds is 1. The van der Waals surface area contributed by atoms with Crippen LogP contribution in [0.15, 0.2) is 0 Å². The van der Waals surface area contributed by atoms with Crippen LogP contribution in [0, 0.1) is 0 Å². The van der Waals surface area contributed by atoms with Crippen molar-refractivity contribution in [1.82, 2.24) is 9.80 Å². The van der Waals surface area contributed by atoms with Crippen LogP contribution in [0.3, 0.4) is 0 Å². The molecule has 0 bridgehead atoms. The van der Waals surface area contributed by atoms with Crippen LogP contribution >= 0.6 is 0 Å². The molecule has 1 N–H and O–H groups in total. The summed E-state index contributed by atoms with van der Waals surface area (Å²) in [7, 11) is 1.96. The predicted octanol–water partition coefficient (Wildman–Crippen LogP) is 0.918. The Morgan fingerprint density at radius 3 is 2.47 bits per heavy atom. The molecule has 1 amide bonds. The van der Waals surface area contributed by atoms with Gasteiger partial charge in [-0.15, -0.1) is 0 Å². The standard InChI is InChI=1S/C12H24N2O3/c1-9(15)10-8-14(7-6-13(10)5)11(16)17-12(2,3)4/h9-10,15H,6-8H2,1-5H3. The van der Waals surface area contributed by atoms with Gasteiger partial charge in [0.05, 0.1) is 12.1 Å². The lowest BCUT2D eigenvalue weighted by atomic mass is 10.1. The van der Waals surface area contributed by atoms with Crippen LogP contribution < -0.4 is 0 Å². The molecule has 5 heteroatoms. The van der Waals surface area contributed by atoms with E-state index in [9.17, 15) is 9.90 Å². The van der Waals surface area contributed by atoms with Crippen LogP contribution in [0.1, 0.15) is 27.7 Å². The van der Waals surface area contributed by atoms with Gasteiger partial charge in [-0.05, 0) is 34.7 Å². The molecule has 1 aliphatic heterocycles. The van der Waals surface area contributed by atoms with E-state index in [0.29, 0.717) is 13.1 Å². The quantitative estimate of drug-likeness (QED) is 0.745. The molecule has 0 saturated carbocycles. The van der Waals surface area contributed by atoms with Crippen LogP contribution in [-0.4, -0.2) is 65.4 Å². The third-order valence-corrected chi connectivity index (χ3v) is 2.90. The molecule has 17 heavy (non-hydrogen) atoms. The summed E-state index contributed by atoms with van der Waals surface area (Å²) in [6.07, 6.45) is -0.749. The molecule has 2 unspecified atom stereocenters. The third-order valence-electron chi connectivity index (χ3n) is 2.90. The number of carbonyl (C=O) groups excluding carboxylic acids is 1. The minimum absolute atomic E-state index is 0.0173. The van der Waals surface area contributed by atoms with Gasteiger partial charge in [-0.2, -0.15) is 0 Å². The smallest absolute Gasteiger partial charge is 0.410 e. The molecular formula is C12H24N2O3. The first-order chi connectivity index (χ1) is 7.70. The zero-order valence-electron chi connectivity index (χ0n) is 11.4. The number of carbonyl (C=O) groups is 1. The highest BCUT2D eigenvalue weighted by Gasteiger charge is 2.32. The molecule has 5 nitrogen and oxygen atoms in total. The van der Waals surface area contributed by atoms with Crippen LogP contribution in [0.4, 0.5) is 4.79 Å². The largest absolute Gasteiger partial charge is 0.444 e. The number of aliphatic hydroxyl groups excluding tert-OH is 1. The van der Waals surface area contributed by atoms with Crippen molar-refractivity contribution in [3.05, 3.63) is 0 Å². The molecule has 0 aliphatic carbocycles. The fraction of sp³-hybridized carbons (Fsp3) is 0.917. The lowest BCUT2D eigenvalue weighted by Gasteiger charge is -2.40. The van der Waals surface area contributed by atoms with Crippen LogP contribution in [-0.2, 0) is 4.74 Å². The lowest BCUT2D eigenvalue weighted by Crippen LogP contribution is -2.57. The average Bonchev–Trinajstić information content (AvgIpc) is 2.14. The van der Waals surface area contributed by atoms with E-state index in [1.54, 1.807) is 11.8 Å². The number of hydrogen-bond acceptors (Lipinski definition) is 4. The fourth-order valence-electron chi connectivity index (χ4n) is 1.91. The maximum atomic E-state index is 11.9. The predicted molar refractivity (Wildman–Crippen MR) is 65.9 cm³/mol. The molecule has 2 atom stereocenters. The van der Waals surface area contributed by atoms with Crippen molar-refractivity contribution in [3.8, 4) is 0 Å². The van der Waals surface area contributed by atoms with E-state index >= 15 is 0 Å². The summed E-state index contributed by atoms with van der Waals surface area (Å²) in [6.45, 7) is 9.24. The first-order valence-corrected chi connectivity index (χ1v) is 6.07. The number of nitrogens with zero attached hydrogens (tertiary/aromatic N) is 2. The third kappa shape index (κ3) is 4.16. The molecule has 0 aromatic rings. The van der Waals surface area contributed by atoms with E-state index in [2.05, 4.69) is 4.90 Å². The molecule has 100 valence electrons. The van der Waals surface area contributed by atoms with E-state index < -0.39 is 11.7 Å². The van der Waals surface area contributed by atoms with Crippen molar-refractivity contribution in [2.75, 3.05) is 26.7 Å². The Labute approximate surface area is 103 Å². The molecule has 1 heterocycles. The molecule has 1 fully saturated rings. The van der Waals surface area contributed by atoms with Gasteiger partial charge in [-0.3, -0.25) is 4.90 Å². The fourth-order valence-corrected chi connectivity index (χ4v) is 1.91. The maximum absolute atomic E-state index is 11.9. The number of ether oxygens (including phenoxy) is 1. The number of piperazine rings is 1. The second-order valence-electron chi connectivity index (χ2n) is 5.71. The van der Waals surface area contributed by atoms with Gasteiger partial charge in [0.1, 0.15) is 5.60 Å². The van der Waals surface area contributed by atoms with Gasteiger partial charge >= 0.3 is 6.09 Å². The summed E-state index contributed by atoms with van der Waals surface area (Å²) < 4.78 is 5.33. The Morgan fingerprint density at radius 2 is 2.00 bits per heavy atom. The zero-order valence-corrected chi connectivity index (χ0v) is 11.4. The summed E-state index contributed by atoms with van der Waals surface area (Å²) in [5.74, 6) is 0. The highest BCUT2D eigenvalue weighted by atomic mass is 16.6. The summed E-state index contributed by atoms with van der Waals surface area (Å²) in [6, 6.07) is -0.0173. The Kier molecular flexibility index (Phi) is 4.38. The van der Waals surface area contributed by atoms with Gasteiger partial charge in [-0.1, -0.05) is 0 Å². The Morgan fingerprint density at radius 1 is 1.41 bits per heavy atom. The summed E-state index contributed by atoms with van der Waals surface area (Å²) in [5, 5.41) is 9.66. The summed E-state index contributed by atoms with van der Waals surface area (Å²) in [4.78, 5) is 15.6. The maximum Gasteiger partial charge on any atom is 0.410 e. The lowest BCUT2D eigenvalue weighted by molar-refractivity contribution is -0.0125. The van der Waals surface area contributed by atoms with Crippen molar-refractivity contribution < 1.29 is 14.6 Å². The first kappa shape index (κ1) is 14.3. The van der Waals surface area contributed by atoms with Gasteiger partial charge in [0.25, 0.3) is 0 Å². The van der Waals surface area contributed by atoms with E-state index in [4.69, 9.17) is 4.74 Å². The topological polar surface area (TPSA) is 53.0 Å². The molecule has 0 aromatic heterocycles. The van der Waals surface area contributed by atoms with Gasteiger partial charge in [0.15, 0.2) is 0 Å². The van der Waals surface area contributed by atoms with Crippen LogP contribution in [0.25, 0.3) is 0 Å². The van der Waals surface area contributed by atoms with Crippen LogP contribution in [0.5, 0.6) is 0 Å². The number of likely N-dealkylation sites (N-methyl/N-ethyl adjacent to an activating group) is 1. The van der Waals surface area contributed by atoms with Crippen molar-refractivity contribution in [2.24, 2.45) is 0 Å². The van der Waals surface area contributed by atoms with E-state index in [0.717, 1.165) is 6.54 Å². The minimum atomic E-state index is -0.471. The molecule has 0 aromatic carbocycles. The minimum Gasteiger partial charge on any atom is -0.444 e. The second kappa shape index (κ2) is 5.23. The van der Waals surface area contributed by atoms with E-state index in [-0.39, 0.29) is 12.1 Å². The van der Waals surface area contributed by atoms with E-state index in [1.165, 1.54) is 0 Å². The monoisotopic (exact) mass is 244 g/mol. The van der Waals surface area contributed by atoms with Gasteiger partial charge in [0.2, 0.25) is 0 Å². The van der Waals surface area contributed by atoms with E-state index in [1.807, 2.05) is 27.8 Å². The molecule has 1 saturated heterocycles. The molecule has 0 spiro atoms. The van der Waals surface area contributed by atoms with Crippen molar-refractivity contribution in [3.63, 3.8) is 0 Å².